The van der Waals surface area contributed by atoms with Crippen LogP contribution in [0.1, 0.15) is 33.3 Å². The monoisotopic (exact) mass is 242 g/mol. The van der Waals surface area contributed by atoms with Crippen molar-refractivity contribution in [2.24, 2.45) is 0 Å². The first-order chi connectivity index (χ1) is 8.84. The maximum Gasteiger partial charge on any atom is 0.135 e. The lowest BCUT2D eigenvalue weighted by Gasteiger charge is -1.90. The van der Waals surface area contributed by atoms with Gasteiger partial charge in [0.1, 0.15) is 11.2 Å². The summed E-state index contributed by atoms with van der Waals surface area (Å²) in [6, 6.07) is 14.4. The molecular formula is C17H22O. The Balaban J connectivity index is 0.000000371. The van der Waals surface area contributed by atoms with Crippen molar-refractivity contribution in [1.82, 2.24) is 0 Å². The summed E-state index contributed by atoms with van der Waals surface area (Å²) < 4.78 is 5.71. The van der Waals surface area contributed by atoms with E-state index in [1.54, 1.807) is 0 Å². The van der Waals surface area contributed by atoms with Crippen LogP contribution in [0.15, 0.2) is 46.9 Å². The third-order valence-electron chi connectivity index (χ3n) is 2.53. The average molecular weight is 242 g/mol. The van der Waals surface area contributed by atoms with Gasteiger partial charge in [-0.3, -0.25) is 0 Å². The van der Waals surface area contributed by atoms with Gasteiger partial charge >= 0.3 is 0 Å². The molecule has 0 fully saturated rings. The number of para-hydroxylation sites is 1. The van der Waals surface area contributed by atoms with E-state index >= 15 is 0 Å². The summed E-state index contributed by atoms with van der Waals surface area (Å²) in [6.07, 6.45) is 0. The Bertz CT molecular complexity index is 605. The SMILES string of the molecule is CC.CC.Cc1ccc2oc3ccccc3c2c1. The molecule has 0 aliphatic carbocycles. The Morgan fingerprint density at radius 2 is 1.33 bits per heavy atom. The topological polar surface area (TPSA) is 13.1 Å². The highest BCUT2D eigenvalue weighted by atomic mass is 16.3. The van der Waals surface area contributed by atoms with Gasteiger partial charge in [0, 0.05) is 10.8 Å². The van der Waals surface area contributed by atoms with Crippen LogP contribution < -0.4 is 0 Å². The lowest BCUT2D eigenvalue weighted by atomic mass is 10.1. The van der Waals surface area contributed by atoms with Gasteiger partial charge in [-0.05, 0) is 25.1 Å². The summed E-state index contributed by atoms with van der Waals surface area (Å²) in [6.45, 7) is 10.1. The van der Waals surface area contributed by atoms with Crippen molar-refractivity contribution in [3.63, 3.8) is 0 Å². The van der Waals surface area contributed by atoms with Crippen molar-refractivity contribution in [3.8, 4) is 0 Å². The zero-order chi connectivity index (χ0) is 13.5. The molecule has 1 heterocycles. The molecule has 0 radical (unpaired) electrons. The standard InChI is InChI=1S/C13H10O.2C2H6/c1-9-6-7-13-11(8-9)10-4-2-3-5-12(10)14-13;2*1-2/h2-8H,1H3;2*1-2H3. The molecule has 0 N–H and O–H groups in total. The molecule has 0 saturated heterocycles. The predicted octanol–water partition coefficient (Wildman–Crippen LogP) is 5.95. The van der Waals surface area contributed by atoms with Crippen LogP contribution in [0.4, 0.5) is 0 Å². The lowest BCUT2D eigenvalue weighted by Crippen LogP contribution is -1.69. The minimum atomic E-state index is 0.966. The van der Waals surface area contributed by atoms with Crippen molar-refractivity contribution >= 4 is 21.9 Å². The zero-order valence-electron chi connectivity index (χ0n) is 11.9. The highest BCUT2D eigenvalue weighted by Crippen LogP contribution is 2.28. The molecule has 3 rings (SSSR count). The molecule has 0 amide bonds. The van der Waals surface area contributed by atoms with Crippen molar-refractivity contribution in [1.29, 1.82) is 0 Å². The molecule has 0 spiro atoms. The molecule has 0 unspecified atom stereocenters. The second-order valence-electron chi connectivity index (χ2n) is 3.60. The van der Waals surface area contributed by atoms with Crippen LogP contribution in [0.3, 0.4) is 0 Å². The number of furan rings is 1. The van der Waals surface area contributed by atoms with Crippen LogP contribution in [0.2, 0.25) is 0 Å². The number of benzene rings is 2. The normalized spacial score (nSPS) is 9.39. The average Bonchev–Trinajstić information content (AvgIpc) is 2.81. The third-order valence-corrected chi connectivity index (χ3v) is 2.53. The van der Waals surface area contributed by atoms with E-state index in [-0.39, 0.29) is 0 Å². The Kier molecular flexibility index (Phi) is 5.44. The van der Waals surface area contributed by atoms with E-state index in [4.69, 9.17) is 4.42 Å². The van der Waals surface area contributed by atoms with Crippen LogP contribution >= 0.6 is 0 Å². The van der Waals surface area contributed by atoms with Crippen LogP contribution in [0.5, 0.6) is 0 Å². The van der Waals surface area contributed by atoms with Crippen LogP contribution in [0, 0.1) is 6.92 Å². The largest absolute Gasteiger partial charge is 0.456 e. The van der Waals surface area contributed by atoms with Gasteiger partial charge in [-0.2, -0.15) is 0 Å². The summed E-state index contributed by atoms with van der Waals surface area (Å²) >= 11 is 0. The van der Waals surface area contributed by atoms with E-state index in [0.717, 1.165) is 11.2 Å². The minimum absolute atomic E-state index is 0.966. The van der Waals surface area contributed by atoms with Crippen molar-refractivity contribution < 1.29 is 4.42 Å². The van der Waals surface area contributed by atoms with Crippen LogP contribution in [-0.4, -0.2) is 0 Å². The van der Waals surface area contributed by atoms with Gasteiger partial charge in [0.05, 0.1) is 0 Å². The maximum absolute atomic E-state index is 5.71. The third kappa shape index (κ3) is 2.73. The number of fused-ring (bicyclic) bond motifs is 3. The molecular weight excluding hydrogens is 220 g/mol. The Labute approximate surface area is 109 Å². The quantitative estimate of drug-likeness (QED) is 0.475. The highest BCUT2D eigenvalue weighted by molar-refractivity contribution is 6.04. The molecule has 0 aliphatic heterocycles. The van der Waals surface area contributed by atoms with Gasteiger partial charge in [-0.25, -0.2) is 0 Å². The van der Waals surface area contributed by atoms with Gasteiger partial charge in [0.2, 0.25) is 0 Å². The molecule has 18 heavy (non-hydrogen) atoms. The summed E-state index contributed by atoms with van der Waals surface area (Å²) in [5.41, 5.74) is 3.20. The molecule has 0 aliphatic rings. The maximum atomic E-state index is 5.71. The second kappa shape index (κ2) is 6.85. The van der Waals surface area contributed by atoms with Gasteiger partial charge < -0.3 is 4.42 Å². The fraction of sp³-hybridized carbons (Fsp3) is 0.294. The second-order valence-corrected chi connectivity index (χ2v) is 3.60. The van der Waals surface area contributed by atoms with E-state index in [1.165, 1.54) is 16.3 Å². The van der Waals surface area contributed by atoms with Gasteiger partial charge in [-0.1, -0.05) is 57.5 Å². The highest BCUT2D eigenvalue weighted by Gasteiger charge is 2.04. The summed E-state index contributed by atoms with van der Waals surface area (Å²) in [5, 5.41) is 2.41. The number of hydrogen-bond acceptors (Lipinski definition) is 1. The number of hydrogen-bond donors (Lipinski definition) is 0. The van der Waals surface area contributed by atoms with Gasteiger partial charge in [-0.15, -0.1) is 0 Å². The fourth-order valence-electron chi connectivity index (χ4n) is 1.84. The van der Waals surface area contributed by atoms with E-state index in [1.807, 2.05) is 52.0 Å². The summed E-state index contributed by atoms with van der Waals surface area (Å²) in [4.78, 5) is 0. The molecule has 3 aromatic rings. The molecule has 1 nitrogen and oxygen atoms in total. The van der Waals surface area contributed by atoms with E-state index in [2.05, 4.69) is 25.1 Å². The molecule has 0 saturated carbocycles. The summed E-state index contributed by atoms with van der Waals surface area (Å²) in [5.74, 6) is 0. The molecule has 0 bridgehead atoms. The minimum Gasteiger partial charge on any atom is -0.456 e. The first-order valence-electron chi connectivity index (χ1n) is 6.72. The Hall–Kier alpha value is -1.76. The molecule has 1 aromatic heterocycles. The first kappa shape index (κ1) is 14.3. The zero-order valence-corrected chi connectivity index (χ0v) is 11.9. The van der Waals surface area contributed by atoms with Crippen molar-refractivity contribution in [2.75, 3.05) is 0 Å². The Morgan fingerprint density at radius 3 is 2.06 bits per heavy atom. The van der Waals surface area contributed by atoms with E-state index in [0.29, 0.717) is 0 Å². The lowest BCUT2D eigenvalue weighted by molar-refractivity contribution is 0.669. The molecule has 1 heteroatoms. The molecule has 2 aromatic carbocycles. The van der Waals surface area contributed by atoms with E-state index in [9.17, 15) is 0 Å². The smallest absolute Gasteiger partial charge is 0.135 e. The first-order valence-corrected chi connectivity index (χ1v) is 6.72. The van der Waals surface area contributed by atoms with Gasteiger partial charge in [0.25, 0.3) is 0 Å². The van der Waals surface area contributed by atoms with Gasteiger partial charge in [0.15, 0.2) is 0 Å². The van der Waals surface area contributed by atoms with Crippen molar-refractivity contribution in [2.45, 2.75) is 34.6 Å². The van der Waals surface area contributed by atoms with E-state index < -0.39 is 0 Å². The molecule has 96 valence electrons. The number of rotatable bonds is 0. The summed E-state index contributed by atoms with van der Waals surface area (Å²) in [7, 11) is 0. The van der Waals surface area contributed by atoms with Crippen molar-refractivity contribution in [3.05, 3.63) is 48.0 Å². The number of aryl methyl sites for hydroxylation is 1. The molecule has 0 atom stereocenters. The van der Waals surface area contributed by atoms with Crippen LogP contribution in [-0.2, 0) is 0 Å². The Morgan fingerprint density at radius 1 is 0.722 bits per heavy atom. The predicted molar refractivity (Wildman–Crippen MR) is 81.2 cm³/mol. The fourth-order valence-corrected chi connectivity index (χ4v) is 1.84. The van der Waals surface area contributed by atoms with Crippen LogP contribution in [0.25, 0.3) is 21.9 Å².